The molecule has 1 aliphatic rings. The second-order valence-electron chi connectivity index (χ2n) is 5.78. The van der Waals surface area contributed by atoms with Crippen molar-refractivity contribution in [3.63, 3.8) is 0 Å². The number of rotatable bonds is 5. The number of carbonyl (C=O) groups excluding carboxylic acids is 1. The lowest BCUT2D eigenvalue weighted by molar-refractivity contribution is -0.130. The molecule has 2 rings (SSSR count). The van der Waals surface area contributed by atoms with Gasteiger partial charge >= 0.3 is 0 Å². The van der Waals surface area contributed by atoms with Crippen LogP contribution in [0.15, 0.2) is 54.8 Å². The maximum Gasteiger partial charge on any atom is 0.227 e. The van der Waals surface area contributed by atoms with Crippen LogP contribution in [0.3, 0.4) is 0 Å². The summed E-state index contributed by atoms with van der Waals surface area (Å²) in [4.78, 5) is 20.9. The van der Waals surface area contributed by atoms with Crippen LogP contribution in [0, 0.1) is 6.92 Å². The largest absolute Gasteiger partial charge is 0.353 e. The van der Waals surface area contributed by atoms with Gasteiger partial charge < -0.3 is 9.80 Å². The van der Waals surface area contributed by atoms with Crippen LogP contribution in [0.25, 0.3) is 0 Å². The molecule has 0 aliphatic carbocycles. The SMILES string of the molecule is C=C(/C=C\C=C/C)CC(=O)N1CCN(c2ccc(C)cn2)CC1. The smallest absolute Gasteiger partial charge is 0.227 e. The summed E-state index contributed by atoms with van der Waals surface area (Å²) in [5.74, 6) is 1.14. The Labute approximate surface area is 138 Å². The summed E-state index contributed by atoms with van der Waals surface area (Å²) in [5, 5.41) is 0. The molecule has 1 amide bonds. The van der Waals surface area contributed by atoms with E-state index in [1.165, 1.54) is 0 Å². The Morgan fingerprint density at radius 3 is 2.61 bits per heavy atom. The first-order valence-corrected chi connectivity index (χ1v) is 8.02. The standard InChI is InChI=1S/C19H25N3O/c1-4-5-6-7-16(2)14-19(23)22-12-10-21(11-13-22)18-9-8-17(3)15-20-18/h4-9,15H,2,10-14H2,1,3H3/b5-4-,7-6-. The quantitative estimate of drug-likeness (QED) is 0.784. The van der Waals surface area contributed by atoms with Gasteiger partial charge in [0, 0.05) is 32.4 Å². The summed E-state index contributed by atoms with van der Waals surface area (Å²) in [7, 11) is 0. The summed E-state index contributed by atoms with van der Waals surface area (Å²) in [6.07, 6.45) is 9.96. The predicted molar refractivity (Wildman–Crippen MR) is 95.5 cm³/mol. The molecule has 0 saturated carbocycles. The van der Waals surface area contributed by atoms with Crippen LogP contribution >= 0.6 is 0 Å². The highest BCUT2D eigenvalue weighted by Crippen LogP contribution is 2.15. The Morgan fingerprint density at radius 1 is 1.26 bits per heavy atom. The van der Waals surface area contributed by atoms with Gasteiger partial charge in [0.05, 0.1) is 6.42 Å². The molecule has 1 aliphatic heterocycles. The summed E-state index contributed by atoms with van der Waals surface area (Å²) in [5.41, 5.74) is 2.00. The Hall–Kier alpha value is -2.36. The molecule has 0 atom stereocenters. The lowest BCUT2D eigenvalue weighted by Crippen LogP contribution is -2.49. The summed E-state index contributed by atoms with van der Waals surface area (Å²) in [6, 6.07) is 4.11. The number of carbonyl (C=O) groups is 1. The van der Waals surface area contributed by atoms with E-state index in [2.05, 4.69) is 22.5 Å². The second kappa shape index (κ2) is 8.32. The molecule has 2 heterocycles. The van der Waals surface area contributed by atoms with Gasteiger partial charge in [-0.25, -0.2) is 4.98 Å². The van der Waals surface area contributed by atoms with Crippen LogP contribution in [-0.4, -0.2) is 42.0 Å². The molecule has 0 spiro atoms. The van der Waals surface area contributed by atoms with Crippen molar-refractivity contribution < 1.29 is 4.79 Å². The molecule has 0 N–H and O–H groups in total. The number of amides is 1. The molecule has 4 heteroatoms. The normalized spacial score (nSPS) is 15.6. The first-order valence-electron chi connectivity index (χ1n) is 8.02. The number of piperazine rings is 1. The fraction of sp³-hybridized carbons (Fsp3) is 0.368. The van der Waals surface area contributed by atoms with Crippen molar-refractivity contribution in [3.8, 4) is 0 Å². The Morgan fingerprint density at radius 2 is 2.00 bits per heavy atom. The van der Waals surface area contributed by atoms with E-state index in [-0.39, 0.29) is 5.91 Å². The Bertz CT molecular complexity index is 594. The van der Waals surface area contributed by atoms with Crippen molar-refractivity contribution in [1.29, 1.82) is 0 Å². The number of allylic oxidation sites excluding steroid dienone is 4. The van der Waals surface area contributed by atoms with Crippen molar-refractivity contribution in [1.82, 2.24) is 9.88 Å². The van der Waals surface area contributed by atoms with Crippen LogP contribution in [-0.2, 0) is 4.79 Å². The van der Waals surface area contributed by atoms with Gasteiger partial charge in [0.1, 0.15) is 5.82 Å². The van der Waals surface area contributed by atoms with Gasteiger partial charge in [-0.1, -0.05) is 36.9 Å². The number of aryl methyl sites for hydroxylation is 1. The van der Waals surface area contributed by atoms with Crippen LogP contribution in [0.2, 0.25) is 0 Å². The molecule has 0 unspecified atom stereocenters. The van der Waals surface area contributed by atoms with Crippen LogP contribution in [0.4, 0.5) is 5.82 Å². The highest BCUT2D eigenvalue weighted by atomic mass is 16.2. The van der Waals surface area contributed by atoms with E-state index in [0.29, 0.717) is 6.42 Å². The van der Waals surface area contributed by atoms with Crippen LogP contribution in [0.5, 0.6) is 0 Å². The van der Waals surface area contributed by atoms with Gasteiger partial charge in [-0.05, 0) is 31.1 Å². The number of pyridine rings is 1. The lowest BCUT2D eigenvalue weighted by Gasteiger charge is -2.35. The predicted octanol–water partition coefficient (Wildman–Crippen LogP) is 3.12. The van der Waals surface area contributed by atoms with E-state index in [1.807, 2.05) is 55.3 Å². The van der Waals surface area contributed by atoms with E-state index < -0.39 is 0 Å². The number of nitrogens with zero attached hydrogens (tertiary/aromatic N) is 3. The maximum atomic E-state index is 12.3. The van der Waals surface area contributed by atoms with Crippen molar-refractivity contribution in [2.24, 2.45) is 0 Å². The highest BCUT2D eigenvalue weighted by Gasteiger charge is 2.21. The molecule has 1 fully saturated rings. The first kappa shape index (κ1) is 17.0. The minimum atomic E-state index is 0.150. The third-order valence-corrected chi connectivity index (χ3v) is 3.87. The molecule has 23 heavy (non-hydrogen) atoms. The zero-order valence-corrected chi connectivity index (χ0v) is 14.0. The zero-order chi connectivity index (χ0) is 16.7. The van der Waals surface area contributed by atoms with Gasteiger partial charge in [-0.3, -0.25) is 4.79 Å². The molecule has 1 saturated heterocycles. The van der Waals surface area contributed by atoms with Crippen molar-refractivity contribution in [2.75, 3.05) is 31.1 Å². The highest BCUT2D eigenvalue weighted by molar-refractivity contribution is 5.79. The van der Waals surface area contributed by atoms with Crippen molar-refractivity contribution in [2.45, 2.75) is 20.3 Å². The summed E-state index contributed by atoms with van der Waals surface area (Å²) >= 11 is 0. The molecular weight excluding hydrogens is 286 g/mol. The van der Waals surface area contributed by atoms with E-state index in [1.54, 1.807) is 0 Å². The molecular formula is C19H25N3O. The van der Waals surface area contributed by atoms with E-state index >= 15 is 0 Å². The average Bonchev–Trinajstić information content (AvgIpc) is 2.56. The fourth-order valence-corrected chi connectivity index (χ4v) is 2.50. The first-order chi connectivity index (χ1) is 11.1. The molecule has 122 valence electrons. The van der Waals surface area contributed by atoms with Gasteiger partial charge in [0.15, 0.2) is 0 Å². The molecule has 0 radical (unpaired) electrons. The molecule has 4 nitrogen and oxygen atoms in total. The third kappa shape index (κ3) is 5.09. The molecule has 0 aromatic carbocycles. The second-order valence-corrected chi connectivity index (χ2v) is 5.78. The van der Waals surface area contributed by atoms with Crippen molar-refractivity contribution in [3.05, 3.63) is 60.3 Å². The van der Waals surface area contributed by atoms with Gasteiger partial charge in [-0.15, -0.1) is 0 Å². The Kier molecular flexibility index (Phi) is 6.15. The molecule has 0 bridgehead atoms. The monoisotopic (exact) mass is 311 g/mol. The van der Waals surface area contributed by atoms with E-state index in [9.17, 15) is 4.79 Å². The van der Waals surface area contributed by atoms with Crippen LogP contribution in [0.1, 0.15) is 18.9 Å². The van der Waals surface area contributed by atoms with E-state index in [0.717, 1.165) is 43.1 Å². The summed E-state index contributed by atoms with van der Waals surface area (Å²) in [6.45, 7) is 11.1. The molecule has 1 aromatic heterocycles. The molecule has 1 aromatic rings. The lowest BCUT2D eigenvalue weighted by atomic mass is 10.1. The van der Waals surface area contributed by atoms with Gasteiger partial charge in [-0.2, -0.15) is 0 Å². The fourth-order valence-electron chi connectivity index (χ4n) is 2.50. The average molecular weight is 311 g/mol. The van der Waals surface area contributed by atoms with Crippen LogP contribution < -0.4 is 4.90 Å². The van der Waals surface area contributed by atoms with Crippen molar-refractivity contribution >= 4 is 11.7 Å². The topological polar surface area (TPSA) is 36.4 Å². The third-order valence-electron chi connectivity index (χ3n) is 3.87. The van der Waals surface area contributed by atoms with E-state index in [4.69, 9.17) is 0 Å². The number of hydrogen-bond acceptors (Lipinski definition) is 3. The number of anilines is 1. The number of aromatic nitrogens is 1. The minimum Gasteiger partial charge on any atom is -0.353 e. The Balaban J connectivity index is 1.82. The van der Waals surface area contributed by atoms with Gasteiger partial charge in [0.25, 0.3) is 0 Å². The minimum absolute atomic E-state index is 0.150. The summed E-state index contributed by atoms with van der Waals surface area (Å²) < 4.78 is 0. The maximum absolute atomic E-state index is 12.3. The zero-order valence-electron chi connectivity index (χ0n) is 14.0. The number of hydrogen-bond donors (Lipinski definition) is 0. The van der Waals surface area contributed by atoms with Gasteiger partial charge in [0.2, 0.25) is 5.91 Å².